The summed E-state index contributed by atoms with van der Waals surface area (Å²) in [5, 5.41) is 25.3. The van der Waals surface area contributed by atoms with Gasteiger partial charge in [-0.15, -0.1) is 20.4 Å². The van der Waals surface area contributed by atoms with Gasteiger partial charge in [0.25, 0.3) is 0 Å². The van der Waals surface area contributed by atoms with E-state index >= 15 is 0 Å². The normalized spacial score (nSPS) is 13.0. The van der Waals surface area contributed by atoms with Crippen LogP contribution in [0.3, 0.4) is 0 Å². The van der Waals surface area contributed by atoms with Gasteiger partial charge in [-0.2, -0.15) is 9.61 Å². The van der Waals surface area contributed by atoms with Crippen LogP contribution in [0.15, 0.2) is 0 Å². The van der Waals surface area contributed by atoms with Crippen LogP contribution in [0.5, 0.6) is 0 Å². The minimum Gasteiger partial charge on any atom is -0.295 e. The average molecular weight is 282 g/mol. The van der Waals surface area contributed by atoms with Gasteiger partial charge in [0.15, 0.2) is 17.1 Å². The van der Waals surface area contributed by atoms with Crippen molar-refractivity contribution in [3.8, 4) is 0 Å². The molecule has 0 fully saturated rings. The van der Waals surface area contributed by atoms with Crippen molar-refractivity contribution in [3.63, 3.8) is 0 Å². The number of nitrogens with zero attached hydrogens (tertiary/aromatic N) is 7. The zero-order valence-corrected chi connectivity index (χ0v) is 12.2. The minimum absolute atomic E-state index is 0.764. The Morgan fingerprint density at radius 3 is 2.43 bits per heavy atom. The fraction of sp³-hybridized carbons (Fsp3) is 0.308. The van der Waals surface area contributed by atoms with E-state index in [0.717, 1.165) is 45.1 Å². The van der Waals surface area contributed by atoms with E-state index in [4.69, 9.17) is 0 Å². The van der Waals surface area contributed by atoms with Crippen LogP contribution >= 0.6 is 0 Å². The van der Waals surface area contributed by atoms with Gasteiger partial charge in [0.2, 0.25) is 0 Å². The number of aromatic nitrogens is 8. The van der Waals surface area contributed by atoms with Gasteiger partial charge in [-0.05, 0) is 33.8 Å². The Labute approximate surface area is 119 Å². The van der Waals surface area contributed by atoms with Gasteiger partial charge >= 0.3 is 0 Å². The Bertz CT molecular complexity index is 1030. The number of aryl methyl sites for hydroxylation is 4. The van der Waals surface area contributed by atoms with Crippen molar-refractivity contribution in [1.29, 1.82) is 0 Å². The van der Waals surface area contributed by atoms with Crippen molar-refractivity contribution < 1.29 is 0 Å². The molecule has 0 aliphatic heterocycles. The van der Waals surface area contributed by atoms with E-state index in [1.54, 1.807) is 4.52 Å². The van der Waals surface area contributed by atoms with Crippen LogP contribution in [0, 0.1) is 27.7 Å². The molecule has 4 heterocycles. The van der Waals surface area contributed by atoms with Crippen LogP contribution in [0.4, 0.5) is 0 Å². The third-order valence-corrected chi connectivity index (χ3v) is 3.72. The summed E-state index contributed by atoms with van der Waals surface area (Å²) in [5.74, 6) is 1.61. The molecule has 0 spiro atoms. The molecule has 0 saturated carbocycles. The van der Waals surface area contributed by atoms with E-state index in [0.29, 0.717) is 0 Å². The van der Waals surface area contributed by atoms with Crippen molar-refractivity contribution in [2.75, 3.05) is 0 Å². The Balaban J connectivity index is 2.08. The average Bonchev–Trinajstić information content (AvgIpc) is 3.13. The molecule has 0 aliphatic carbocycles. The zero-order valence-electron chi connectivity index (χ0n) is 12.2. The molecule has 4 aromatic heterocycles. The summed E-state index contributed by atoms with van der Waals surface area (Å²) in [5.41, 5.74) is 4.50. The topological polar surface area (TPSA) is 89.1 Å². The molecule has 4 rings (SSSR count). The van der Waals surface area contributed by atoms with Crippen LogP contribution < -0.4 is 5.22 Å². The first-order valence-corrected chi connectivity index (χ1v) is 6.66. The molecule has 0 radical (unpaired) electrons. The van der Waals surface area contributed by atoms with Gasteiger partial charge < -0.3 is 0 Å². The number of fused-ring (bicyclic) bond motifs is 2. The lowest BCUT2D eigenvalue weighted by atomic mass is 10.2. The number of aromatic amines is 1. The molecule has 0 aromatic carbocycles. The number of rotatable bonds is 1. The first kappa shape index (κ1) is 12.0. The molecule has 0 bridgehead atoms. The lowest BCUT2D eigenvalue weighted by molar-refractivity contribution is 0.875. The van der Waals surface area contributed by atoms with Crippen LogP contribution in [-0.2, 0) is 0 Å². The number of hydrogen-bond acceptors (Lipinski definition) is 5. The Kier molecular flexibility index (Phi) is 2.21. The third-order valence-electron chi connectivity index (χ3n) is 3.72. The van der Waals surface area contributed by atoms with E-state index in [1.165, 1.54) is 0 Å². The van der Waals surface area contributed by atoms with Crippen molar-refractivity contribution in [2.45, 2.75) is 27.7 Å². The molecular weight excluding hydrogens is 268 g/mol. The lowest BCUT2D eigenvalue weighted by Crippen LogP contribution is -2.04. The summed E-state index contributed by atoms with van der Waals surface area (Å²) >= 11 is 0. The predicted octanol–water partition coefficient (Wildman–Crippen LogP) is 0.276. The monoisotopic (exact) mass is 282 g/mol. The fourth-order valence-electron chi connectivity index (χ4n) is 2.56. The van der Waals surface area contributed by atoms with Crippen molar-refractivity contribution >= 4 is 17.4 Å². The molecule has 1 N–H and O–H groups in total. The highest BCUT2D eigenvalue weighted by Crippen LogP contribution is 2.15. The summed E-state index contributed by atoms with van der Waals surface area (Å²) in [4.78, 5) is 0. The first-order chi connectivity index (χ1) is 10.1. The molecule has 21 heavy (non-hydrogen) atoms. The molecule has 0 atom stereocenters. The zero-order chi connectivity index (χ0) is 14.7. The van der Waals surface area contributed by atoms with Gasteiger partial charge in [0.1, 0.15) is 5.82 Å². The lowest BCUT2D eigenvalue weighted by Gasteiger charge is -1.88. The molecule has 106 valence electrons. The Morgan fingerprint density at radius 2 is 1.62 bits per heavy atom. The second kappa shape index (κ2) is 3.87. The van der Waals surface area contributed by atoms with Crippen LogP contribution in [0.2, 0.25) is 0 Å². The fourth-order valence-corrected chi connectivity index (χ4v) is 2.56. The van der Waals surface area contributed by atoms with Gasteiger partial charge in [0, 0.05) is 16.5 Å². The van der Waals surface area contributed by atoms with E-state index < -0.39 is 0 Å². The smallest absolute Gasteiger partial charge is 0.186 e. The van der Waals surface area contributed by atoms with Crippen LogP contribution in [0.1, 0.15) is 28.6 Å². The minimum atomic E-state index is 0.764. The summed E-state index contributed by atoms with van der Waals surface area (Å²) in [6, 6.07) is 0. The SMILES string of the molecule is Cc1[nH]n2c(C)nnc2c1/C=c1/c(C)nn2c(C)nnc12. The van der Waals surface area contributed by atoms with Gasteiger partial charge in [-0.1, -0.05) is 0 Å². The largest absolute Gasteiger partial charge is 0.295 e. The second-order valence-electron chi connectivity index (χ2n) is 5.18. The maximum atomic E-state index is 4.48. The Hall–Kier alpha value is -2.77. The third kappa shape index (κ3) is 1.52. The van der Waals surface area contributed by atoms with Crippen molar-refractivity contribution in [1.82, 2.24) is 39.6 Å². The van der Waals surface area contributed by atoms with Crippen LogP contribution in [0.25, 0.3) is 17.4 Å². The highest BCUT2D eigenvalue weighted by Gasteiger charge is 2.14. The van der Waals surface area contributed by atoms with Crippen LogP contribution in [-0.4, -0.2) is 39.6 Å². The summed E-state index contributed by atoms with van der Waals surface area (Å²) in [7, 11) is 0. The predicted molar refractivity (Wildman–Crippen MR) is 75.9 cm³/mol. The molecule has 4 aromatic rings. The molecule has 0 saturated heterocycles. The molecular formula is C13H14N8. The quantitative estimate of drug-likeness (QED) is 0.541. The maximum absolute atomic E-state index is 4.48. The van der Waals surface area contributed by atoms with Gasteiger partial charge in [-0.3, -0.25) is 5.10 Å². The summed E-state index contributed by atoms with van der Waals surface area (Å²) < 4.78 is 3.63. The van der Waals surface area contributed by atoms with Gasteiger partial charge in [-0.25, -0.2) is 4.52 Å². The molecule has 0 amide bonds. The number of hydrogen-bond donors (Lipinski definition) is 1. The van der Waals surface area contributed by atoms with Crippen molar-refractivity contribution in [3.05, 3.63) is 33.8 Å². The van der Waals surface area contributed by atoms with E-state index in [9.17, 15) is 0 Å². The standard InChI is InChI=1S/C13H14N8/c1-6-10(12-16-14-8(3)20(12)18-6)5-11-7(2)19-21-9(4)15-17-13(11)21/h5,18H,1-4H3/b11-5-. The number of H-pyrrole nitrogens is 1. The molecule has 8 heteroatoms. The number of nitrogens with one attached hydrogen (secondary N) is 1. The molecule has 8 nitrogen and oxygen atoms in total. The first-order valence-electron chi connectivity index (χ1n) is 6.66. The summed E-state index contributed by atoms with van der Waals surface area (Å²) in [6.45, 7) is 7.78. The summed E-state index contributed by atoms with van der Waals surface area (Å²) in [6.07, 6.45) is 2.04. The highest BCUT2D eigenvalue weighted by atomic mass is 15.4. The molecule has 0 aliphatic rings. The molecule has 0 unspecified atom stereocenters. The Morgan fingerprint density at radius 1 is 0.905 bits per heavy atom. The highest BCUT2D eigenvalue weighted by molar-refractivity contribution is 5.70. The second-order valence-corrected chi connectivity index (χ2v) is 5.18. The van der Waals surface area contributed by atoms with E-state index in [1.807, 2.05) is 38.3 Å². The maximum Gasteiger partial charge on any atom is 0.186 e. The van der Waals surface area contributed by atoms with Crippen molar-refractivity contribution in [2.24, 2.45) is 0 Å². The van der Waals surface area contributed by atoms with E-state index in [-0.39, 0.29) is 0 Å². The van der Waals surface area contributed by atoms with E-state index in [2.05, 4.69) is 30.6 Å². The van der Waals surface area contributed by atoms with Gasteiger partial charge in [0.05, 0.1) is 5.69 Å².